The number of nitrogens with one attached hydrogen (secondary N) is 1. The lowest BCUT2D eigenvalue weighted by Gasteiger charge is -2.18. The molecule has 1 aromatic carbocycles. The number of hydrogen-bond acceptors (Lipinski definition) is 2. The van der Waals surface area contributed by atoms with E-state index in [-0.39, 0.29) is 11.8 Å². The third-order valence-electron chi connectivity index (χ3n) is 2.61. The molecule has 4 nitrogen and oxygen atoms in total. The van der Waals surface area contributed by atoms with Gasteiger partial charge in [0.2, 0.25) is 0 Å². The number of hydrogen-bond donors (Lipinski definition) is 1. The van der Waals surface area contributed by atoms with Crippen LogP contribution in [0.15, 0.2) is 48.8 Å². The Bertz CT molecular complexity index is 542. The minimum Gasteiger partial charge on any atom is -0.323 e. The zero-order chi connectivity index (χ0) is 13.7. The van der Waals surface area contributed by atoms with Crippen LogP contribution in [-0.2, 0) is 6.54 Å². The maximum Gasteiger partial charge on any atom is 0.321 e. The lowest BCUT2D eigenvalue weighted by molar-refractivity contribution is 0.220. The van der Waals surface area contributed by atoms with E-state index in [1.165, 1.54) is 24.3 Å². The van der Waals surface area contributed by atoms with Crippen LogP contribution in [0.4, 0.5) is 14.9 Å². The van der Waals surface area contributed by atoms with Crippen LogP contribution in [0.5, 0.6) is 0 Å². The van der Waals surface area contributed by atoms with E-state index in [1.54, 1.807) is 24.3 Å². The summed E-state index contributed by atoms with van der Waals surface area (Å²) in [5.41, 5.74) is 1.56. The third kappa shape index (κ3) is 3.77. The Balaban J connectivity index is 1.94. The van der Waals surface area contributed by atoms with E-state index in [2.05, 4.69) is 10.3 Å². The summed E-state index contributed by atoms with van der Waals surface area (Å²) in [5.74, 6) is -0.330. The number of halogens is 1. The van der Waals surface area contributed by atoms with E-state index >= 15 is 0 Å². The van der Waals surface area contributed by atoms with Crippen LogP contribution in [0.3, 0.4) is 0 Å². The maximum absolute atomic E-state index is 12.7. The highest BCUT2D eigenvalue weighted by molar-refractivity contribution is 5.89. The fourth-order valence-electron chi connectivity index (χ4n) is 1.59. The predicted octanol–water partition coefficient (Wildman–Crippen LogP) is 2.88. The summed E-state index contributed by atoms with van der Waals surface area (Å²) >= 11 is 0. The number of rotatable bonds is 3. The van der Waals surface area contributed by atoms with Crippen molar-refractivity contribution in [3.8, 4) is 0 Å². The van der Waals surface area contributed by atoms with E-state index in [1.807, 2.05) is 12.1 Å². The Morgan fingerprint density at radius 2 is 1.84 bits per heavy atom. The van der Waals surface area contributed by atoms with Gasteiger partial charge in [0, 0.05) is 31.7 Å². The molecule has 98 valence electrons. The van der Waals surface area contributed by atoms with Crippen LogP contribution in [0, 0.1) is 5.82 Å². The van der Waals surface area contributed by atoms with Gasteiger partial charge in [0.15, 0.2) is 0 Å². The molecule has 0 radical (unpaired) electrons. The average Bonchev–Trinajstić information content (AvgIpc) is 2.42. The Kier molecular flexibility index (Phi) is 4.07. The zero-order valence-electron chi connectivity index (χ0n) is 10.5. The van der Waals surface area contributed by atoms with Crippen molar-refractivity contribution in [2.75, 3.05) is 12.4 Å². The third-order valence-corrected chi connectivity index (χ3v) is 2.61. The molecule has 2 rings (SSSR count). The molecule has 5 heteroatoms. The summed E-state index contributed by atoms with van der Waals surface area (Å²) in [6.45, 7) is 0.482. The van der Waals surface area contributed by atoms with E-state index in [0.29, 0.717) is 12.2 Å². The van der Waals surface area contributed by atoms with Crippen molar-refractivity contribution < 1.29 is 9.18 Å². The van der Waals surface area contributed by atoms with Crippen LogP contribution in [0.25, 0.3) is 0 Å². The van der Waals surface area contributed by atoms with Crippen molar-refractivity contribution in [3.05, 3.63) is 60.2 Å². The number of carbonyl (C=O) groups excluding carboxylic acids is 1. The van der Waals surface area contributed by atoms with Crippen LogP contribution < -0.4 is 5.32 Å². The Hall–Kier alpha value is -2.43. The first kappa shape index (κ1) is 13.0. The second-order valence-electron chi connectivity index (χ2n) is 4.15. The highest BCUT2D eigenvalue weighted by Crippen LogP contribution is 2.10. The van der Waals surface area contributed by atoms with Gasteiger partial charge in [0.1, 0.15) is 5.82 Å². The molecule has 1 heterocycles. The summed E-state index contributed by atoms with van der Waals surface area (Å²) in [7, 11) is 1.69. The van der Waals surface area contributed by atoms with Crippen molar-refractivity contribution in [1.82, 2.24) is 9.88 Å². The molecule has 0 aliphatic rings. The summed E-state index contributed by atoms with van der Waals surface area (Å²) in [6.07, 6.45) is 3.36. The fraction of sp³-hybridized carbons (Fsp3) is 0.143. The number of anilines is 1. The maximum atomic E-state index is 12.7. The van der Waals surface area contributed by atoms with Gasteiger partial charge in [-0.25, -0.2) is 9.18 Å². The molecule has 0 spiro atoms. The fourth-order valence-corrected chi connectivity index (χ4v) is 1.59. The van der Waals surface area contributed by atoms with Crippen LogP contribution in [0.2, 0.25) is 0 Å². The minimum absolute atomic E-state index is 0.247. The molecule has 0 saturated heterocycles. The number of urea groups is 1. The van der Waals surface area contributed by atoms with Crippen molar-refractivity contribution in [2.24, 2.45) is 0 Å². The van der Waals surface area contributed by atoms with Crippen molar-refractivity contribution in [1.29, 1.82) is 0 Å². The van der Waals surface area contributed by atoms with Gasteiger partial charge in [-0.05, 0) is 42.0 Å². The molecule has 1 aromatic heterocycles. The Morgan fingerprint density at radius 3 is 2.47 bits per heavy atom. The minimum atomic E-state index is -0.330. The first-order valence-electron chi connectivity index (χ1n) is 5.82. The molecule has 1 N–H and O–H groups in total. The van der Waals surface area contributed by atoms with E-state index in [9.17, 15) is 9.18 Å². The van der Waals surface area contributed by atoms with Crippen LogP contribution >= 0.6 is 0 Å². The molecule has 2 aromatic rings. The lowest BCUT2D eigenvalue weighted by Crippen LogP contribution is -2.30. The van der Waals surface area contributed by atoms with Gasteiger partial charge >= 0.3 is 6.03 Å². The van der Waals surface area contributed by atoms with Gasteiger partial charge in [-0.3, -0.25) is 4.98 Å². The molecular weight excluding hydrogens is 245 g/mol. The van der Waals surface area contributed by atoms with Gasteiger partial charge in [0.05, 0.1) is 0 Å². The standard InChI is InChI=1S/C14H14FN3O/c1-18(10-11-6-8-16-9-7-11)14(19)17-13-4-2-12(15)3-5-13/h2-9H,10H2,1H3,(H,17,19). The number of pyridine rings is 1. The second kappa shape index (κ2) is 5.95. The van der Waals surface area contributed by atoms with Crippen molar-refractivity contribution in [3.63, 3.8) is 0 Å². The molecule has 19 heavy (non-hydrogen) atoms. The van der Waals surface area contributed by atoms with Crippen molar-refractivity contribution in [2.45, 2.75) is 6.54 Å². The topological polar surface area (TPSA) is 45.2 Å². The quantitative estimate of drug-likeness (QED) is 0.921. The summed E-state index contributed by atoms with van der Waals surface area (Å²) in [6, 6.07) is 9.10. The van der Waals surface area contributed by atoms with Crippen LogP contribution in [-0.4, -0.2) is 23.0 Å². The number of nitrogens with zero attached hydrogens (tertiary/aromatic N) is 2. The van der Waals surface area contributed by atoms with Crippen molar-refractivity contribution >= 4 is 11.7 Å². The number of amides is 2. The average molecular weight is 259 g/mol. The molecule has 0 atom stereocenters. The van der Waals surface area contributed by atoms with Gasteiger partial charge in [-0.1, -0.05) is 0 Å². The smallest absolute Gasteiger partial charge is 0.321 e. The van der Waals surface area contributed by atoms with E-state index in [4.69, 9.17) is 0 Å². The molecule has 0 aliphatic heterocycles. The van der Waals surface area contributed by atoms with Gasteiger partial charge in [-0.15, -0.1) is 0 Å². The Morgan fingerprint density at radius 1 is 1.21 bits per heavy atom. The molecule has 0 unspecified atom stereocenters. The molecule has 0 saturated carbocycles. The highest BCUT2D eigenvalue weighted by atomic mass is 19.1. The van der Waals surface area contributed by atoms with Gasteiger partial charge < -0.3 is 10.2 Å². The monoisotopic (exact) mass is 259 g/mol. The molecular formula is C14H14FN3O. The summed E-state index contributed by atoms with van der Waals surface area (Å²) < 4.78 is 12.7. The van der Waals surface area contributed by atoms with E-state index in [0.717, 1.165) is 5.56 Å². The number of benzene rings is 1. The normalized spacial score (nSPS) is 10.0. The molecule has 0 bridgehead atoms. The first-order valence-corrected chi connectivity index (χ1v) is 5.82. The van der Waals surface area contributed by atoms with E-state index < -0.39 is 0 Å². The van der Waals surface area contributed by atoms with Gasteiger partial charge in [0.25, 0.3) is 0 Å². The SMILES string of the molecule is CN(Cc1ccncc1)C(=O)Nc1ccc(F)cc1. The summed E-state index contributed by atoms with van der Waals surface area (Å²) in [4.78, 5) is 17.4. The zero-order valence-corrected chi connectivity index (χ0v) is 10.5. The molecule has 2 amide bonds. The predicted molar refractivity (Wildman–Crippen MR) is 71.1 cm³/mol. The lowest BCUT2D eigenvalue weighted by atomic mass is 10.2. The van der Waals surface area contributed by atoms with Gasteiger partial charge in [-0.2, -0.15) is 0 Å². The van der Waals surface area contributed by atoms with Crippen LogP contribution in [0.1, 0.15) is 5.56 Å². The largest absolute Gasteiger partial charge is 0.323 e. The second-order valence-corrected chi connectivity index (χ2v) is 4.15. The Labute approximate surface area is 110 Å². The number of carbonyl (C=O) groups is 1. The number of aromatic nitrogens is 1. The molecule has 0 aliphatic carbocycles. The highest BCUT2D eigenvalue weighted by Gasteiger charge is 2.09. The summed E-state index contributed by atoms with van der Waals surface area (Å²) in [5, 5.41) is 2.69. The first-order chi connectivity index (χ1) is 9.15. The molecule has 0 fully saturated rings.